The number of aliphatic carboxylic acids is 2. The minimum absolute atomic E-state index is 0.0503. The van der Waals surface area contributed by atoms with Gasteiger partial charge in [-0.2, -0.15) is 0 Å². The van der Waals surface area contributed by atoms with Gasteiger partial charge in [-0.3, -0.25) is 19.7 Å². The van der Waals surface area contributed by atoms with Crippen LogP contribution in [-0.2, 0) is 14.4 Å². The Morgan fingerprint density at radius 2 is 1.85 bits per heavy atom. The molecule has 146 valence electrons. The summed E-state index contributed by atoms with van der Waals surface area (Å²) in [7, 11) is 0. The monoisotopic (exact) mass is 413 g/mol. The van der Waals surface area contributed by atoms with Crippen molar-refractivity contribution in [1.29, 1.82) is 0 Å². The maximum atomic E-state index is 12.2. The molecule has 0 aliphatic rings. The number of nitrogens with zero attached hydrogens (tertiary/aromatic N) is 1. The quantitative estimate of drug-likeness (QED) is 0.497. The number of aromatic nitrogens is 1. The van der Waals surface area contributed by atoms with Gasteiger partial charge in [0.15, 0.2) is 5.13 Å². The van der Waals surface area contributed by atoms with Gasteiger partial charge in [-0.15, -0.1) is 0 Å². The first kappa shape index (κ1) is 21.1. The second-order valence-corrected chi connectivity index (χ2v) is 7.87. The molecule has 1 amide bonds. The number of para-hydroxylation sites is 1. The molecule has 0 saturated heterocycles. The van der Waals surface area contributed by atoms with Crippen LogP contribution in [0.25, 0.3) is 10.2 Å². The Balaban J connectivity index is 2.06. The van der Waals surface area contributed by atoms with Crippen molar-refractivity contribution < 1.29 is 24.6 Å². The molecular weight excluding hydrogens is 394 g/mol. The summed E-state index contributed by atoms with van der Waals surface area (Å²) in [5.74, 6) is -2.99. The van der Waals surface area contributed by atoms with E-state index in [-0.39, 0.29) is 12.3 Å². The van der Waals surface area contributed by atoms with Gasteiger partial charge in [0.2, 0.25) is 5.91 Å². The van der Waals surface area contributed by atoms with Gasteiger partial charge in [0.05, 0.1) is 16.1 Å². The van der Waals surface area contributed by atoms with E-state index >= 15 is 0 Å². The fourth-order valence-electron chi connectivity index (χ4n) is 2.50. The number of halogens is 1. The molecule has 0 radical (unpaired) electrons. The maximum Gasteiger partial charge on any atom is 0.321 e. The number of carboxylic acid groups (broad SMARTS) is 2. The summed E-state index contributed by atoms with van der Waals surface area (Å²) in [6, 6.07) is 2.86. The van der Waals surface area contributed by atoms with Crippen molar-refractivity contribution >= 4 is 56.1 Å². The van der Waals surface area contributed by atoms with Gasteiger partial charge in [-0.25, -0.2) is 4.98 Å². The van der Waals surface area contributed by atoms with Gasteiger partial charge in [0, 0.05) is 0 Å². The molecule has 1 aromatic carbocycles. The minimum atomic E-state index is -1.33. The molecule has 1 aromatic heterocycles. The Morgan fingerprint density at radius 1 is 1.19 bits per heavy atom. The largest absolute Gasteiger partial charge is 0.480 e. The zero-order valence-electron chi connectivity index (χ0n) is 14.7. The Bertz CT molecular complexity index is 854. The number of benzene rings is 1. The van der Waals surface area contributed by atoms with E-state index in [1.54, 1.807) is 18.2 Å². The fourth-order valence-corrected chi connectivity index (χ4v) is 3.68. The van der Waals surface area contributed by atoms with E-state index in [0.29, 0.717) is 15.7 Å². The molecule has 0 fully saturated rings. The predicted octanol–water partition coefficient (Wildman–Crippen LogP) is 2.82. The molecule has 0 spiro atoms. The third-order valence-electron chi connectivity index (χ3n) is 3.71. The van der Waals surface area contributed by atoms with Crippen LogP contribution in [0.4, 0.5) is 5.13 Å². The van der Waals surface area contributed by atoms with Crippen LogP contribution >= 0.6 is 22.9 Å². The number of thiazole rings is 1. The molecule has 0 saturated carbocycles. The molecule has 0 aliphatic heterocycles. The first-order valence-corrected chi connectivity index (χ1v) is 9.43. The molecular formula is C17H20ClN3O5S. The van der Waals surface area contributed by atoms with Gasteiger partial charge in [-0.1, -0.05) is 42.9 Å². The number of hydrogen-bond acceptors (Lipinski definition) is 6. The fraction of sp³-hybridized carbons (Fsp3) is 0.412. The highest BCUT2D eigenvalue weighted by Crippen LogP contribution is 2.30. The Hall–Kier alpha value is -2.23. The smallest absolute Gasteiger partial charge is 0.321 e. The zero-order valence-corrected chi connectivity index (χ0v) is 16.3. The Labute approximate surface area is 164 Å². The molecule has 10 heteroatoms. The second-order valence-electron chi connectivity index (χ2n) is 6.44. The van der Waals surface area contributed by atoms with Crippen LogP contribution < -0.4 is 10.6 Å². The SMILES string of the molecule is CC(C)C[C@H](NC(CC(=O)Nc1nc2c(Cl)cccc2s1)C(=O)O)C(=O)O. The van der Waals surface area contributed by atoms with Crippen LogP contribution in [0.2, 0.25) is 5.02 Å². The van der Waals surface area contributed by atoms with E-state index in [0.717, 1.165) is 4.70 Å². The van der Waals surface area contributed by atoms with Crippen molar-refractivity contribution in [2.24, 2.45) is 5.92 Å². The highest BCUT2D eigenvalue weighted by Gasteiger charge is 2.28. The van der Waals surface area contributed by atoms with E-state index in [1.165, 1.54) is 11.3 Å². The lowest BCUT2D eigenvalue weighted by Gasteiger charge is -2.21. The third-order valence-corrected chi connectivity index (χ3v) is 4.95. The van der Waals surface area contributed by atoms with E-state index in [9.17, 15) is 24.6 Å². The van der Waals surface area contributed by atoms with Gasteiger partial charge < -0.3 is 15.5 Å². The summed E-state index contributed by atoms with van der Waals surface area (Å²) in [5, 5.41) is 24.4. The molecule has 27 heavy (non-hydrogen) atoms. The molecule has 2 aromatic rings. The number of amides is 1. The summed E-state index contributed by atoms with van der Waals surface area (Å²) < 4.78 is 0.786. The van der Waals surface area contributed by atoms with Crippen LogP contribution in [0, 0.1) is 5.92 Å². The first-order valence-electron chi connectivity index (χ1n) is 8.24. The molecule has 1 heterocycles. The highest BCUT2D eigenvalue weighted by molar-refractivity contribution is 7.22. The number of carbonyl (C=O) groups excluding carboxylic acids is 1. The molecule has 2 atom stereocenters. The lowest BCUT2D eigenvalue weighted by atomic mass is 10.0. The minimum Gasteiger partial charge on any atom is -0.480 e. The molecule has 1 unspecified atom stereocenters. The Morgan fingerprint density at radius 3 is 2.41 bits per heavy atom. The van der Waals surface area contributed by atoms with Crippen LogP contribution in [-0.4, -0.2) is 45.1 Å². The number of anilines is 1. The third kappa shape index (κ3) is 5.88. The van der Waals surface area contributed by atoms with Crippen molar-refractivity contribution in [3.8, 4) is 0 Å². The van der Waals surface area contributed by atoms with Crippen molar-refractivity contribution in [1.82, 2.24) is 10.3 Å². The van der Waals surface area contributed by atoms with Crippen LogP contribution in [0.15, 0.2) is 18.2 Å². The van der Waals surface area contributed by atoms with Gasteiger partial charge in [-0.05, 0) is 24.5 Å². The number of nitrogens with one attached hydrogen (secondary N) is 2. The lowest BCUT2D eigenvalue weighted by Crippen LogP contribution is -2.49. The van der Waals surface area contributed by atoms with E-state index in [4.69, 9.17) is 11.6 Å². The molecule has 4 N–H and O–H groups in total. The number of rotatable bonds is 9. The highest BCUT2D eigenvalue weighted by atomic mass is 35.5. The number of fused-ring (bicyclic) bond motifs is 1. The van der Waals surface area contributed by atoms with Crippen LogP contribution in [0.5, 0.6) is 0 Å². The Kier molecular flexibility index (Phi) is 7.11. The molecule has 0 aliphatic carbocycles. The average molecular weight is 414 g/mol. The molecule has 0 bridgehead atoms. The number of carbonyl (C=O) groups is 3. The summed E-state index contributed by atoms with van der Waals surface area (Å²) >= 11 is 7.26. The van der Waals surface area contributed by atoms with E-state index in [2.05, 4.69) is 15.6 Å². The van der Waals surface area contributed by atoms with Crippen LogP contribution in [0.3, 0.4) is 0 Å². The maximum absolute atomic E-state index is 12.2. The number of hydrogen-bond donors (Lipinski definition) is 4. The topological polar surface area (TPSA) is 129 Å². The number of carboxylic acids is 2. The van der Waals surface area contributed by atoms with Gasteiger partial charge in [0.25, 0.3) is 0 Å². The average Bonchev–Trinajstić information content (AvgIpc) is 2.96. The summed E-state index contributed by atoms with van der Waals surface area (Å²) in [5.41, 5.74) is 0.551. The van der Waals surface area contributed by atoms with Gasteiger partial charge in [0.1, 0.15) is 17.6 Å². The zero-order chi connectivity index (χ0) is 20.1. The lowest BCUT2D eigenvalue weighted by molar-refractivity contribution is -0.144. The standard InChI is InChI=1S/C17H20ClN3O5S/c1-8(2)6-10(15(23)24)19-11(16(25)26)7-13(22)20-17-21-14-9(18)4-3-5-12(14)27-17/h3-5,8,10-11,19H,6-7H2,1-2H3,(H,23,24)(H,25,26)(H,20,21,22)/t10-,11?/m0/s1. The van der Waals surface area contributed by atoms with Crippen LogP contribution in [0.1, 0.15) is 26.7 Å². The first-order chi connectivity index (χ1) is 12.7. The predicted molar refractivity (Wildman–Crippen MR) is 103 cm³/mol. The summed E-state index contributed by atoms with van der Waals surface area (Å²) in [4.78, 5) is 39.2. The second kappa shape index (κ2) is 9.12. The van der Waals surface area contributed by atoms with Crippen molar-refractivity contribution in [3.05, 3.63) is 23.2 Å². The van der Waals surface area contributed by atoms with Crippen molar-refractivity contribution in [2.75, 3.05) is 5.32 Å². The van der Waals surface area contributed by atoms with Gasteiger partial charge >= 0.3 is 11.9 Å². The van der Waals surface area contributed by atoms with Crippen molar-refractivity contribution in [3.63, 3.8) is 0 Å². The van der Waals surface area contributed by atoms with E-state index in [1.807, 2.05) is 13.8 Å². The van der Waals surface area contributed by atoms with E-state index < -0.39 is 36.4 Å². The molecule has 2 rings (SSSR count). The molecule has 8 nitrogen and oxygen atoms in total. The summed E-state index contributed by atoms with van der Waals surface area (Å²) in [6.07, 6.45) is -0.183. The summed E-state index contributed by atoms with van der Waals surface area (Å²) in [6.45, 7) is 3.66. The van der Waals surface area contributed by atoms with Crippen molar-refractivity contribution in [2.45, 2.75) is 38.8 Å². The normalized spacial score (nSPS) is 13.5.